The summed E-state index contributed by atoms with van der Waals surface area (Å²) in [6.45, 7) is 3.06. The molecule has 3 rings (SSSR count). The predicted molar refractivity (Wildman–Crippen MR) is 83.7 cm³/mol. The molecule has 2 heterocycles. The van der Waals surface area contributed by atoms with Crippen LogP contribution in [0.2, 0.25) is 0 Å². The maximum Gasteiger partial charge on any atom is 0.240 e. The smallest absolute Gasteiger partial charge is 0.240 e. The first-order chi connectivity index (χ1) is 10.8. The van der Waals surface area contributed by atoms with Crippen LogP contribution in [0.5, 0.6) is 0 Å². The largest absolute Gasteiger partial charge is 0.348 e. The number of hydrogen-bond acceptors (Lipinski definition) is 5. The lowest BCUT2D eigenvalue weighted by molar-refractivity contribution is -0.145. The number of hydrogen-bond donors (Lipinski definition) is 1. The van der Waals surface area contributed by atoms with E-state index in [9.17, 15) is 13.2 Å². The van der Waals surface area contributed by atoms with Crippen LogP contribution < -0.4 is 9.62 Å². The second kappa shape index (κ2) is 5.86. The van der Waals surface area contributed by atoms with Gasteiger partial charge in [-0.05, 0) is 30.7 Å². The molecule has 1 aromatic rings. The zero-order valence-electron chi connectivity index (χ0n) is 13.2. The first-order valence-electron chi connectivity index (χ1n) is 7.48. The highest BCUT2D eigenvalue weighted by Gasteiger charge is 2.31. The third-order valence-electron chi connectivity index (χ3n) is 4.21. The molecule has 0 saturated carbocycles. The molecule has 7 nitrogen and oxygen atoms in total. The van der Waals surface area contributed by atoms with Crippen LogP contribution in [0.3, 0.4) is 0 Å². The molecule has 0 spiro atoms. The number of sulfonamides is 1. The van der Waals surface area contributed by atoms with Crippen molar-refractivity contribution in [3.05, 3.63) is 23.8 Å². The van der Waals surface area contributed by atoms with E-state index in [-0.39, 0.29) is 23.8 Å². The van der Waals surface area contributed by atoms with E-state index in [4.69, 9.17) is 9.47 Å². The Labute approximate surface area is 135 Å². The molecule has 126 valence electrons. The van der Waals surface area contributed by atoms with Crippen LogP contribution >= 0.6 is 0 Å². The third-order valence-corrected chi connectivity index (χ3v) is 5.67. The number of benzene rings is 1. The molecule has 0 atom stereocenters. The lowest BCUT2D eigenvalue weighted by atomic mass is 10.2. The molecule has 1 amide bonds. The third kappa shape index (κ3) is 3.25. The molecule has 0 aliphatic carbocycles. The van der Waals surface area contributed by atoms with Crippen molar-refractivity contribution >= 4 is 21.6 Å². The summed E-state index contributed by atoms with van der Waals surface area (Å²) in [5.41, 5.74) is 1.49. The van der Waals surface area contributed by atoms with E-state index >= 15 is 0 Å². The minimum Gasteiger partial charge on any atom is -0.348 e. The second-order valence-electron chi connectivity index (χ2n) is 5.90. The normalized spacial score (nSPS) is 20.1. The fourth-order valence-electron chi connectivity index (χ4n) is 2.81. The Kier molecular flexibility index (Phi) is 4.18. The predicted octanol–water partition coefficient (Wildman–Crippen LogP) is 0.637. The van der Waals surface area contributed by atoms with Gasteiger partial charge in [-0.15, -0.1) is 0 Å². The second-order valence-corrected chi connectivity index (χ2v) is 7.67. The lowest BCUT2D eigenvalue weighted by Gasteiger charge is -2.22. The fraction of sp³-hybridized carbons (Fsp3) is 0.533. The number of nitrogens with zero attached hydrogens (tertiary/aromatic N) is 1. The highest BCUT2D eigenvalue weighted by atomic mass is 32.2. The Hall–Kier alpha value is -1.48. The van der Waals surface area contributed by atoms with Gasteiger partial charge in [-0.1, -0.05) is 0 Å². The van der Waals surface area contributed by atoms with Crippen LogP contribution in [0.15, 0.2) is 23.1 Å². The maximum absolute atomic E-state index is 12.4. The minimum absolute atomic E-state index is 0.0361. The molecule has 8 heteroatoms. The Balaban J connectivity index is 1.68. The Morgan fingerprint density at radius 3 is 2.70 bits per heavy atom. The number of carbonyl (C=O) groups excluding carboxylic acids is 1. The van der Waals surface area contributed by atoms with E-state index in [1.165, 1.54) is 11.0 Å². The van der Waals surface area contributed by atoms with Gasteiger partial charge in [-0.3, -0.25) is 4.79 Å². The van der Waals surface area contributed by atoms with E-state index < -0.39 is 15.8 Å². The van der Waals surface area contributed by atoms with Gasteiger partial charge in [-0.2, -0.15) is 0 Å². The lowest BCUT2D eigenvalue weighted by Crippen LogP contribution is -2.33. The van der Waals surface area contributed by atoms with Crippen molar-refractivity contribution in [3.63, 3.8) is 0 Å². The highest BCUT2D eigenvalue weighted by molar-refractivity contribution is 7.89. The van der Waals surface area contributed by atoms with Crippen LogP contribution in [0.25, 0.3) is 0 Å². The Bertz CT molecular complexity index is 725. The van der Waals surface area contributed by atoms with Gasteiger partial charge in [0, 0.05) is 25.7 Å². The van der Waals surface area contributed by atoms with Crippen molar-refractivity contribution in [1.29, 1.82) is 0 Å². The monoisotopic (exact) mass is 340 g/mol. The molecule has 0 bridgehead atoms. The molecule has 2 aliphatic heterocycles. The number of carbonyl (C=O) groups is 1. The summed E-state index contributed by atoms with van der Waals surface area (Å²) in [4.78, 5) is 13.4. The quantitative estimate of drug-likeness (QED) is 0.850. The average Bonchev–Trinajstić information content (AvgIpc) is 3.04. The first-order valence-corrected chi connectivity index (χ1v) is 8.96. The summed E-state index contributed by atoms with van der Waals surface area (Å²) in [6, 6.07) is 4.74. The summed E-state index contributed by atoms with van der Waals surface area (Å²) in [5.74, 6) is -0.763. The molecular formula is C15H20N2O5S. The molecule has 23 heavy (non-hydrogen) atoms. The SMILES string of the molecule is CN1C(=O)Cc2cc(S(=O)(=O)NCCC3(C)OCCO3)ccc21. The number of ether oxygens (including phenoxy) is 2. The summed E-state index contributed by atoms with van der Waals surface area (Å²) >= 11 is 0. The van der Waals surface area contributed by atoms with Gasteiger partial charge in [-0.25, -0.2) is 13.1 Å². The van der Waals surface area contributed by atoms with Crippen molar-refractivity contribution in [2.24, 2.45) is 0 Å². The topological polar surface area (TPSA) is 84.9 Å². The Morgan fingerprint density at radius 2 is 2.00 bits per heavy atom. The highest BCUT2D eigenvalue weighted by Crippen LogP contribution is 2.29. The number of amides is 1. The summed E-state index contributed by atoms with van der Waals surface area (Å²) in [7, 11) is -1.94. The van der Waals surface area contributed by atoms with Gasteiger partial charge in [0.25, 0.3) is 0 Å². The van der Waals surface area contributed by atoms with Gasteiger partial charge < -0.3 is 14.4 Å². The standard InChI is InChI=1S/C15H20N2O5S/c1-15(21-7-8-22-15)5-6-16-23(19,20)12-3-4-13-11(9-12)10-14(18)17(13)2/h3-4,9,16H,5-8,10H2,1-2H3. The summed E-state index contributed by atoms with van der Waals surface area (Å²) < 4.78 is 38.2. The zero-order chi connectivity index (χ0) is 16.7. The van der Waals surface area contributed by atoms with Crippen molar-refractivity contribution in [1.82, 2.24) is 4.72 Å². The van der Waals surface area contributed by atoms with E-state index in [0.29, 0.717) is 19.6 Å². The van der Waals surface area contributed by atoms with Crippen LogP contribution in [0, 0.1) is 0 Å². The van der Waals surface area contributed by atoms with Gasteiger partial charge in [0.15, 0.2) is 5.79 Å². The van der Waals surface area contributed by atoms with Gasteiger partial charge >= 0.3 is 0 Å². The number of anilines is 1. The zero-order valence-corrected chi connectivity index (χ0v) is 14.0. The molecule has 1 fully saturated rings. The molecular weight excluding hydrogens is 320 g/mol. The minimum atomic E-state index is -3.63. The maximum atomic E-state index is 12.4. The molecule has 0 radical (unpaired) electrons. The van der Waals surface area contributed by atoms with Crippen LogP contribution in [0.4, 0.5) is 5.69 Å². The Morgan fingerprint density at radius 1 is 1.30 bits per heavy atom. The van der Waals surface area contributed by atoms with E-state index in [0.717, 1.165) is 11.3 Å². The van der Waals surface area contributed by atoms with Crippen LogP contribution in [-0.2, 0) is 30.7 Å². The number of nitrogens with one attached hydrogen (secondary N) is 1. The van der Waals surface area contributed by atoms with Crippen LogP contribution in [-0.4, -0.2) is 46.9 Å². The molecule has 1 aromatic carbocycles. The van der Waals surface area contributed by atoms with Gasteiger partial charge in [0.05, 0.1) is 24.5 Å². The number of rotatable bonds is 5. The molecule has 2 aliphatic rings. The van der Waals surface area contributed by atoms with Crippen molar-refractivity contribution in [2.75, 3.05) is 31.7 Å². The van der Waals surface area contributed by atoms with Gasteiger partial charge in [0.2, 0.25) is 15.9 Å². The van der Waals surface area contributed by atoms with E-state index in [1.54, 1.807) is 26.1 Å². The average molecular weight is 340 g/mol. The van der Waals surface area contributed by atoms with Crippen LogP contribution in [0.1, 0.15) is 18.9 Å². The molecule has 1 N–H and O–H groups in total. The molecule has 1 saturated heterocycles. The van der Waals surface area contributed by atoms with Crippen molar-refractivity contribution in [2.45, 2.75) is 30.4 Å². The molecule has 0 unspecified atom stereocenters. The summed E-state index contributed by atoms with van der Waals surface area (Å²) in [6.07, 6.45) is 0.660. The summed E-state index contributed by atoms with van der Waals surface area (Å²) in [5, 5.41) is 0. The first kappa shape index (κ1) is 16.4. The fourth-order valence-corrected chi connectivity index (χ4v) is 3.89. The van der Waals surface area contributed by atoms with Crippen molar-refractivity contribution < 1.29 is 22.7 Å². The number of fused-ring (bicyclic) bond motifs is 1. The van der Waals surface area contributed by atoms with Gasteiger partial charge in [0.1, 0.15) is 0 Å². The van der Waals surface area contributed by atoms with E-state index in [1.807, 2.05) is 0 Å². The number of likely N-dealkylation sites (N-methyl/N-ethyl adjacent to an activating group) is 1. The molecule has 0 aromatic heterocycles. The van der Waals surface area contributed by atoms with Crippen molar-refractivity contribution in [3.8, 4) is 0 Å². The van der Waals surface area contributed by atoms with E-state index in [2.05, 4.69) is 4.72 Å².